The second kappa shape index (κ2) is 10.6. The van der Waals surface area contributed by atoms with Crippen LogP contribution in [0.3, 0.4) is 0 Å². The molecule has 0 saturated heterocycles. The maximum Gasteiger partial charge on any atom is 0.274 e. The Morgan fingerprint density at radius 3 is 1.19 bits per heavy atom. The summed E-state index contributed by atoms with van der Waals surface area (Å²) < 4.78 is 43.7. The molecule has 37 heavy (non-hydrogen) atoms. The maximum atomic E-state index is 12.8. The normalized spacial score (nSPS) is 13.2. The summed E-state index contributed by atoms with van der Waals surface area (Å²) in [6, 6.07) is 22.8. The van der Waals surface area contributed by atoms with Gasteiger partial charge in [0.1, 0.15) is 22.7 Å². The molecule has 0 saturated carbocycles. The minimum atomic E-state index is -3.87. The molecule has 0 aromatic heterocycles. The van der Waals surface area contributed by atoms with Gasteiger partial charge in [-0.05, 0) is 125 Å². The van der Waals surface area contributed by atoms with Crippen LogP contribution in [0.25, 0.3) is 0 Å². The van der Waals surface area contributed by atoms with Crippen LogP contribution in [-0.4, -0.2) is 40.0 Å². The third kappa shape index (κ3) is 7.66. The fourth-order valence-corrected chi connectivity index (χ4v) is 8.55. The molecule has 3 aromatic rings. The standard InChI is InChI=1S/C29H39NO5S2/c1-28(2,3)33-23-12-18-26(19-13-23)37(35-36(9,31)32,25-16-10-22(11-17-25)30(7)8)27-20-14-24(15-21-27)34-29(4,5)6/h10-21H,1-9H3. The van der Waals surface area contributed by atoms with E-state index in [1.165, 1.54) is 0 Å². The minimum absolute atomic E-state index is 0.361. The predicted octanol–water partition coefficient (Wildman–Crippen LogP) is 7.28. The highest BCUT2D eigenvalue weighted by molar-refractivity contribution is 8.33. The van der Waals surface area contributed by atoms with Crippen molar-refractivity contribution < 1.29 is 21.5 Å². The monoisotopic (exact) mass is 545 g/mol. The van der Waals surface area contributed by atoms with E-state index in [9.17, 15) is 8.42 Å². The number of anilines is 1. The first-order valence-electron chi connectivity index (χ1n) is 12.1. The Hall–Kier alpha value is -2.68. The van der Waals surface area contributed by atoms with E-state index in [0.29, 0.717) is 11.5 Å². The lowest BCUT2D eigenvalue weighted by Gasteiger charge is -2.39. The van der Waals surface area contributed by atoms with Crippen molar-refractivity contribution in [3.63, 3.8) is 0 Å². The summed E-state index contributed by atoms with van der Waals surface area (Å²) >= 11 is 0. The zero-order valence-corrected chi connectivity index (χ0v) is 24.9. The van der Waals surface area contributed by atoms with Crippen molar-refractivity contribution in [2.75, 3.05) is 25.3 Å². The van der Waals surface area contributed by atoms with Gasteiger partial charge in [0.05, 0.1) is 6.26 Å². The molecule has 0 heterocycles. The number of hydrogen-bond acceptors (Lipinski definition) is 6. The van der Waals surface area contributed by atoms with E-state index in [2.05, 4.69) is 0 Å². The van der Waals surface area contributed by atoms with Crippen LogP contribution < -0.4 is 14.4 Å². The summed E-state index contributed by atoms with van der Waals surface area (Å²) in [5.41, 5.74) is 0.276. The Kier molecular flexibility index (Phi) is 8.27. The lowest BCUT2D eigenvalue weighted by Crippen LogP contribution is -2.23. The summed E-state index contributed by atoms with van der Waals surface area (Å²) in [7, 11) is -2.61. The average Bonchev–Trinajstić information content (AvgIpc) is 2.76. The van der Waals surface area contributed by atoms with E-state index in [4.69, 9.17) is 13.1 Å². The van der Waals surface area contributed by atoms with Gasteiger partial charge < -0.3 is 14.4 Å². The van der Waals surface area contributed by atoms with E-state index < -0.39 is 20.4 Å². The minimum Gasteiger partial charge on any atom is -0.488 e. The quantitative estimate of drug-likeness (QED) is 0.296. The van der Waals surface area contributed by atoms with Gasteiger partial charge in [-0.1, -0.05) is 0 Å². The van der Waals surface area contributed by atoms with E-state index in [-0.39, 0.29) is 11.2 Å². The van der Waals surface area contributed by atoms with Crippen molar-refractivity contribution >= 4 is 26.1 Å². The molecule has 3 rings (SSSR count). The van der Waals surface area contributed by atoms with Crippen LogP contribution in [-0.2, 0) is 13.7 Å². The molecule has 0 amide bonds. The van der Waals surface area contributed by atoms with Gasteiger partial charge in [0.25, 0.3) is 10.1 Å². The van der Waals surface area contributed by atoms with Crippen LogP contribution >= 0.6 is 10.3 Å². The Morgan fingerprint density at radius 2 is 0.919 bits per heavy atom. The maximum absolute atomic E-state index is 12.8. The first-order chi connectivity index (χ1) is 17.0. The van der Waals surface area contributed by atoms with E-state index in [0.717, 1.165) is 26.6 Å². The van der Waals surface area contributed by atoms with E-state index >= 15 is 0 Å². The third-order valence-electron chi connectivity index (χ3n) is 5.07. The van der Waals surface area contributed by atoms with Crippen LogP contribution in [0, 0.1) is 0 Å². The van der Waals surface area contributed by atoms with Crippen molar-refractivity contribution in [2.24, 2.45) is 0 Å². The van der Waals surface area contributed by atoms with Gasteiger partial charge in [0, 0.05) is 34.5 Å². The fourth-order valence-electron chi connectivity index (χ4n) is 3.75. The Bertz CT molecular complexity index is 1230. The molecule has 6 nitrogen and oxygen atoms in total. The second-order valence-electron chi connectivity index (χ2n) is 11.1. The molecule has 0 aliphatic heterocycles. The van der Waals surface area contributed by atoms with Crippen LogP contribution in [0.2, 0.25) is 0 Å². The zero-order valence-electron chi connectivity index (χ0n) is 23.2. The highest BCUT2D eigenvalue weighted by Crippen LogP contribution is 2.70. The molecule has 0 spiro atoms. The molecule has 202 valence electrons. The molecule has 0 N–H and O–H groups in total. The predicted molar refractivity (Wildman–Crippen MR) is 153 cm³/mol. The molecule has 8 heteroatoms. The summed E-state index contributed by atoms with van der Waals surface area (Å²) in [6.45, 7) is 11.9. The summed E-state index contributed by atoms with van der Waals surface area (Å²) in [4.78, 5) is 4.23. The number of hydrogen-bond donors (Lipinski definition) is 0. The summed E-state index contributed by atoms with van der Waals surface area (Å²) in [6.07, 6.45) is 1.09. The number of benzene rings is 3. The van der Waals surface area contributed by atoms with E-state index in [1.807, 2.05) is 133 Å². The first-order valence-corrected chi connectivity index (χ1v) is 15.5. The Morgan fingerprint density at radius 1 is 0.595 bits per heavy atom. The van der Waals surface area contributed by atoms with Crippen LogP contribution in [0.5, 0.6) is 11.5 Å². The molecule has 0 bridgehead atoms. The Labute approximate surface area is 224 Å². The zero-order chi connectivity index (χ0) is 27.6. The van der Waals surface area contributed by atoms with Crippen molar-refractivity contribution in [2.45, 2.75) is 67.4 Å². The third-order valence-corrected chi connectivity index (χ3v) is 9.68. The van der Waals surface area contributed by atoms with Gasteiger partial charge in [0.15, 0.2) is 0 Å². The summed E-state index contributed by atoms with van der Waals surface area (Å²) in [5, 5.41) is 0. The largest absolute Gasteiger partial charge is 0.488 e. The lowest BCUT2D eigenvalue weighted by atomic mass is 10.2. The van der Waals surface area contributed by atoms with Crippen LogP contribution in [0.15, 0.2) is 87.5 Å². The average molecular weight is 546 g/mol. The van der Waals surface area contributed by atoms with Crippen molar-refractivity contribution in [1.29, 1.82) is 0 Å². The smallest absolute Gasteiger partial charge is 0.274 e. The van der Waals surface area contributed by atoms with Crippen molar-refractivity contribution in [3.8, 4) is 11.5 Å². The second-order valence-corrected chi connectivity index (χ2v) is 15.6. The van der Waals surface area contributed by atoms with Crippen molar-refractivity contribution in [3.05, 3.63) is 72.8 Å². The van der Waals surface area contributed by atoms with Crippen LogP contribution in [0.4, 0.5) is 5.69 Å². The molecule has 0 aliphatic carbocycles. The van der Waals surface area contributed by atoms with Crippen molar-refractivity contribution in [1.82, 2.24) is 0 Å². The molecule has 3 aromatic carbocycles. The van der Waals surface area contributed by atoms with Crippen LogP contribution in [0.1, 0.15) is 41.5 Å². The Balaban J connectivity index is 2.26. The summed E-state index contributed by atoms with van der Waals surface area (Å²) in [5.74, 6) is 1.39. The van der Waals surface area contributed by atoms with Gasteiger partial charge in [-0.25, -0.2) is 3.63 Å². The molecule has 0 radical (unpaired) electrons. The fraction of sp³-hybridized carbons (Fsp3) is 0.379. The number of ether oxygens (including phenoxy) is 2. The first kappa shape index (κ1) is 28.9. The highest BCUT2D eigenvalue weighted by atomic mass is 32.3. The highest BCUT2D eigenvalue weighted by Gasteiger charge is 2.36. The molecule has 0 unspecified atom stereocenters. The molecule has 0 atom stereocenters. The van der Waals surface area contributed by atoms with Gasteiger partial charge in [0.2, 0.25) is 0 Å². The topological polar surface area (TPSA) is 65.1 Å². The molecular formula is C29H39NO5S2. The van der Waals surface area contributed by atoms with E-state index in [1.54, 1.807) is 0 Å². The van der Waals surface area contributed by atoms with Gasteiger partial charge in [-0.2, -0.15) is 8.42 Å². The van der Waals surface area contributed by atoms with Gasteiger partial charge >= 0.3 is 0 Å². The number of rotatable bonds is 8. The van der Waals surface area contributed by atoms with Gasteiger partial charge in [-0.3, -0.25) is 0 Å². The number of nitrogens with zero attached hydrogens (tertiary/aromatic N) is 1. The molecule has 0 aliphatic rings. The molecule has 0 fully saturated rings. The molecular weight excluding hydrogens is 506 g/mol. The van der Waals surface area contributed by atoms with Gasteiger partial charge in [-0.15, -0.1) is 0 Å². The lowest BCUT2D eigenvalue weighted by molar-refractivity contribution is 0.130. The SMILES string of the molecule is CN(C)c1ccc(S(OS(C)(=O)=O)(c2ccc(OC(C)(C)C)cc2)c2ccc(OC(C)(C)C)cc2)cc1.